The Kier molecular flexibility index (Phi) is 9.36. The van der Waals surface area contributed by atoms with Crippen LogP contribution in [0.1, 0.15) is 18.1 Å². The number of H-pyrrole nitrogens is 1. The number of aromatic amines is 1. The molecule has 1 aromatic heterocycles. The highest BCUT2D eigenvalue weighted by atomic mass is 16.4. The number of aliphatic hydroxyl groups is 1. The van der Waals surface area contributed by atoms with E-state index in [1.54, 1.807) is 6.20 Å². The zero-order valence-corrected chi connectivity index (χ0v) is 20.3. The minimum Gasteiger partial charge on any atom is -0.480 e. The second-order valence-electron chi connectivity index (χ2n) is 8.73. The number of carbonyl (C=O) groups is 4. The fourth-order valence-corrected chi connectivity index (χ4v) is 3.83. The third-order valence-corrected chi connectivity index (χ3v) is 5.92. The van der Waals surface area contributed by atoms with Gasteiger partial charge in [0.25, 0.3) is 0 Å². The number of hydrogen-bond acceptors (Lipinski definition) is 6. The number of aromatic nitrogens is 1. The molecular weight excluding hydrogens is 478 g/mol. The molecule has 3 rings (SSSR count). The summed E-state index contributed by atoms with van der Waals surface area (Å²) >= 11 is 0. The summed E-state index contributed by atoms with van der Waals surface area (Å²) in [6.45, 7) is 0.636. The molecule has 196 valence electrons. The van der Waals surface area contributed by atoms with Crippen molar-refractivity contribution in [3.8, 4) is 0 Å². The highest BCUT2D eigenvalue weighted by molar-refractivity contribution is 5.94. The van der Waals surface area contributed by atoms with Gasteiger partial charge < -0.3 is 36.9 Å². The molecule has 4 atom stereocenters. The number of aliphatic carboxylic acids is 1. The summed E-state index contributed by atoms with van der Waals surface area (Å²) in [6.07, 6.45) is 2.02. The number of carboxylic acids is 1. The van der Waals surface area contributed by atoms with Crippen LogP contribution in [0.15, 0.2) is 60.8 Å². The lowest BCUT2D eigenvalue weighted by Gasteiger charge is -2.23. The van der Waals surface area contributed by atoms with Crippen molar-refractivity contribution in [1.82, 2.24) is 20.9 Å². The van der Waals surface area contributed by atoms with Gasteiger partial charge in [0.1, 0.15) is 18.1 Å². The number of carboxylic acid groups (broad SMARTS) is 1. The predicted octanol–water partition coefficient (Wildman–Crippen LogP) is -0.168. The van der Waals surface area contributed by atoms with E-state index in [0.29, 0.717) is 5.56 Å². The molecule has 0 saturated carbocycles. The van der Waals surface area contributed by atoms with Gasteiger partial charge in [-0.1, -0.05) is 48.5 Å². The maximum atomic E-state index is 13.0. The maximum absolute atomic E-state index is 13.0. The first-order valence-electron chi connectivity index (χ1n) is 11.8. The molecule has 0 fully saturated rings. The summed E-state index contributed by atoms with van der Waals surface area (Å²) in [6, 6.07) is 11.9. The molecule has 0 aliphatic rings. The predicted molar refractivity (Wildman–Crippen MR) is 136 cm³/mol. The Balaban J connectivity index is 1.70. The van der Waals surface area contributed by atoms with E-state index in [9.17, 15) is 29.4 Å². The number of nitrogens with one attached hydrogen (secondary N) is 4. The summed E-state index contributed by atoms with van der Waals surface area (Å²) in [7, 11) is 0. The van der Waals surface area contributed by atoms with Gasteiger partial charge in [-0.05, 0) is 30.5 Å². The van der Waals surface area contributed by atoms with Crippen molar-refractivity contribution >= 4 is 34.6 Å². The first-order valence-corrected chi connectivity index (χ1v) is 11.8. The van der Waals surface area contributed by atoms with Crippen LogP contribution in [0.3, 0.4) is 0 Å². The highest BCUT2D eigenvalue weighted by Gasteiger charge is 2.29. The minimum absolute atomic E-state index is 0.0353. The molecule has 0 spiro atoms. The topological polar surface area (TPSA) is 187 Å². The number of para-hydroxylation sites is 1. The zero-order valence-electron chi connectivity index (χ0n) is 20.3. The fourth-order valence-electron chi connectivity index (χ4n) is 3.83. The molecule has 0 saturated heterocycles. The molecule has 4 unspecified atom stereocenters. The molecule has 3 amide bonds. The molecule has 0 aliphatic heterocycles. The minimum atomic E-state index is -1.54. The summed E-state index contributed by atoms with van der Waals surface area (Å²) in [5.74, 6) is -3.40. The molecular formula is C26H31N5O6. The molecule has 37 heavy (non-hydrogen) atoms. The van der Waals surface area contributed by atoms with E-state index in [4.69, 9.17) is 5.73 Å². The lowest BCUT2D eigenvalue weighted by Crippen LogP contribution is -2.57. The number of hydrogen-bond donors (Lipinski definition) is 7. The van der Waals surface area contributed by atoms with Crippen molar-refractivity contribution in [2.24, 2.45) is 5.73 Å². The van der Waals surface area contributed by atoms with Crippen molar-refractivity contribution < 1.29 is 29.4 Å². The first kappa shape index (κ1) is 27.4. The second kappa shape index (κ2) is 12.7. The molecule has 0 aliphatic carbocycles. The van der Waals surface area contributed by atoms with Gasteiger partial charge in [-0.25, -0.2) is 4.79 Å². The third-order valence-electron chi connectivity index (χ3n) is 5.92. The van der Waals surface area contributed by atoms with Gasteiger partial charge >= 0.3 is 5.97 Å². The van der Waals surface area contributed by atoms with Crippen LogP contribution in [0.4, 0.5) is 0 Å². The van der Waals surface area contributed by atoms with E-state index in [1.807, 2.05) is 54.6 Å². The van der Waals surface area contributed by atoms with Gasteiger partial charge in [0.05, 0.1) is 12.6 Å². The van der Waals surface area contributed by atoms with Crippen LogP contribution in [0, 0.1) is 0 Å². The Morgan fingerprint density at radius 2 is 1.51 bits per heavy atom. The first-order chi connectivity index (χ1) is 17.7. The summed E-state index contributed by atoms with van der Waals surface area (Å²) in [5.41, 5.74) is 8.41. The monoisotopic (exact) mass is 509 g/mol. The van der Waals surface area contributed by atoms with E-state index >= 15 is 0 Å². The van der Waals surface area contributed by atoms with Gasteiger partial charge in [-0.2, -0.15) is 0 Å². The third kappa shape index (κ3) is 7.38. The number of carbonyl (C=O) groups excluding carboxylic acids is 3. The van der Waals surface area contributed by atoms with Crippen LogP contribution in [0.5, 0.6) is 0 Å². The SMILES string of the molecule is CC(NC(=O)C(N)Cc1ccccc1)C(=O)NC(Cc1c[nH]c2ccccc12)C(=O)NC(CO)C(=O)O. The van der Waals surface area contributed by atoms with Crippen molar-refractivity contribution in [1.29, 1.82) is 0 Å². The average molecular weight is 510 g/mol. The molecule has 8 N–H and O–H groups in total. The Labute approximate surface area is 213 Å². The molecule has 0 bridgehead atoms. The van der Waals surface area contributed by atoms with Crippen molar-refractivity contribution in [3.05, 3.63) is 71.9 Å². The van der Waals surface area contributed by atoms with Gasteiger partial charge in [0.2, 0.25) is 17.7 Å². The lowest BCUT2D eigenvalue weighted by atomic mass is 10.0. The van der Waals surface area contributed by atoms with E-state index in [1.165, 1.54) is 6.92 Å². The van der Waals surface area contributed by atoms with Crippen LogP contribution >= 0.6 is 0 Å². The number of rotatable bonds is 12. The van der Waals surface area contributed by atoms with Crippen molar-refractivity contribution in [2.75, 3.05) is 6.61 Å². The van der Waals surface area contributed by atoms with Gasteiger partial charge in [-0.3, -0.25) is 14.4 Å². The highest BCUT2D eigenvalue weighted by Crippen LogP contribution is 2.19. The number of fused-ring (bicyclic) bond motifs is 1. The van der Waals surface area contributed by atoms with Crippen LogP contribution < -0.4 is 21.7 Å². The number of aliphatic hydroxyl groups excluding tert-OH is 1. The molecule has 1 heterocycles. The number of benzene rings is 2. The summed E-state index contributed by atoms with van der Waals surface area (Å²) in [4.78, 5) is 52.8. The normalized spacial score (nSPS) is 14.2. The Bertz CT molecular complexity index is 1240. The zero-order chi connectivity index (χ0) is 26.9. The van der Waals surface area contributed by atoms with E-state index in [-0.39, 0.29) is 12.8 Å². The fraction of sp³-hybridized carbons (Fsp3) is 0.308. The van der Waals surface area contributed by atoms with Crippen LogP contribution in [0.25, 0.3) is 10.9 Å². The average Bonchev–Trinajstić information content (AvgIpc) is 3.29. The maximum Gasteiger partial charge on any atom is 0.328 e. The molecule has 11 heteroatoms. The quantitative estimate of drug-likeness (QED) is 0.177. The molecule has 11 nitrogen and oxygen atoms in total. The van der Waals surface area contributed by atoms with Gasteiger partial charge in [0, 0.05) is 23.5 Å². The van der Waals surface area contributed by atoms with Gasteiger partial charge in [0.15, 0.2) is 0 Å². The number of amides is 3. The molecule has 0 radical (unpaired) electrons. The Hall–Kier alpha value is -4.22. The molecule has 3 aromatic rings. The van der Waals surface area contributed by atoms with Gasteiger partial charge in [-0.15, -0.1) is 0 Å². The summed E-state index contributed by atoms with van der Waals surface area (Å²) < 4.78 is 0. The smallest absolute Gasteiger partial charge is 0.328 e. The van der Waals surface area contributed by atoms with Crippen LogP contribution in [-0.4, -0.2) is 69.7 Å². The Morgan fingerprint density at radius 1 is 0.865 bits per heavy atom. The second-order valence-corrected chi connectivity index (χ2v) is 8.73. The summed E-state index contributed by atoms with van der Waals surface area (Å²) in [5, 5.41) is 26.7. The van der Waals surface area contributed by atoms with E-state index in [0.717, 1.165) is 16.5 Å². The van der Waals surface area contributed by atoms with Crippen molar-refractivity contribution in [2.45, 2.75) is 43.9 Å². The largest absolute Gasteiger partial charge is 0.480 e. The van der Waals surface area contributed by atoms with Crippen molar-refractivity contribution in [3.63, 3.8) is 0 Å². The van der Waals surface area contributed by atoms with Crippen LogP contribution in [0.2, 0.25) is 0 Å². The molecule has 2 aromatic carbocycles. The van der Waals surface area contributed by atoms with E-state index < -0.39 is 54.5 Å². The number of nitrogens with two attached hydrogens (primary N) is 1. The Morgan fingerprint density at radius 3 is 2.19 bits per heavy atom. The van der Waals surface area contributed by atoms with Crippen LogP contribution in [-0.2, 0) is 32.0 Å². The lowest BCUT2D eigenvalue weighted by molar-refractivity contribution is -0.143. The van der Waals surface area contributed by atoms with E-state index in [2.05, 4.69) is 20.9 Å². The standard InChI is InChI=1S/C26H31N5O6/c1-15(29-24(34)19(27)11-16-7-3-2-4-8-16)23(33)30-21(25(35)31-22(14-32)26(36)37)12-17-13-28-20-10-6-5-9-18(17)20/h2-10,13,15,19,21-22,28,32H,11-12,14,27H2,1H3,(H,29,34)(H,30,33)(H,31,35)(H,36,37).